The minimum atomic E-state index is -0.502. The maximum absolute atomic E-state index is 12.2. The zero-order valence-electron chi connectivity index (χ0n) is 15.4. The molecule has 3 N–H and O–H groups in total. The van der Waals surface area contributed by atoms with Crippen molar-refractivity contribution in [3.8, 4) is 0 Å². The number of non-ortho nitro benzene ring substituents is 1. The molecule has 2 amide bonds. The monoisotopic (exact) mass is 401 g/mol. The molecule has 10 nitrogen and oxygen atoms in total. The summed E-state index contributed by atoms with van der Waals surface area (Å²) in [6, 6.07) is 15.8. The number of nitrogens with zero attached hydrogens (tertiary/aromatic N) is 4. The summed E-state index contributed by atoms with van der Waals surface area (Å²) in [5.74, 6) is 0.585. The van der Waals surface area contributed by atoms with E-state index in [2.05, 4.69) is 30.8 Å². The van der Waals surface area contributed by atoms with E-state index in [0.29, 0.717) is 22.7 Å². The van der Waals surface area contributed by atoms with Crippen molar-refractivity contribution in [1.29, 1.82) is 0 Å². The summed E-state index contributed by atoms with van der Waals surface area (Å²) < 4.78 is 0. The Morgan fingerprint density at radius 1 is 1.07 bits per heavy atom. The van der Waals surface area contributed by atoms with Crippen molar-refractivity contribution in [3.05, 3.63) is 82.7 Å². The third-order valence-electron chi connectivity index (χ3n) is 4.15. The van der Waals surface area contributed by atoms with E-state index < -0.39 is 11.0 Å². The first-order valence-electron chi connectivity index (χ1n) is 8.84. The van der Waals surface area contributed by atoms with E-state index in [0.717, 1.165) is 11.1 Å². The van der Waals surface area contributed by atoms with Crippen LogP contribution in [0.15, 0.2) is 71.9 Å². The van der Waals surface area contributed by atoms with Crippen LogP contribution in [0.2, 0.25) is 0 Å². The van der Waals surface area contributed by atoms with Crippen molar-refractivity contribution in [2.75, 3.05) is 10.6 Å². The number of nitrogens with one attached hydrogen (secondary N) is 3. The molecule has 0 saturated carbocycles. The first-order chi connectivity index (χ1) is 14.6. The number of anilines is 2. The normalized spacial score (nSPS) is 10.9. The summed E-state index contributed by atoms with van der Waals surface area (Å²) in [6.45, 7) is 0. The summed E-state index contributed by atoms with van der Waals surface area (Å²) in [5.41, 5.74) is 2.31. The van der Waals surface area contributed by atoms with E-state index in [1.54, 1.807) is 30.6 Å². The molecule has 0 aliphatic rings. The van der Waals surface area contributed by atoms with Crippen LogP contribution in [0.5, 0.6) is 0 Å². The first-order valence-corrected chi connectivity index (χ1v) is 8.84. The van der Waals surface area contributed by atoms with Crippen LogP contribution in [0, 0.1) is 10.1 Å². The number of nitro groups is 1. The topological polar surface area (TPSA) is 138 Å². The van der Waals surface area contributed by atoms with Crippen molar-refractivity contribution >= 4 is 46.0 Å². The Labute approximate surface area is 169 Å². The predicted molar refractivity (Wildman–Crippen MR) is 113 cm³/mol. The molecule has 0 fully saturated rings. The van der Waals surface area contributed by atoms with Crippen molar-refractivity contribution < 1.29 is 9.72 Å². The van der Waals surface area contributed by atoms with Gasteiger partial charge in [0.1, 0.15) is 0 Å². The third-order valence-corrected chi connectivity index (χ3v) is 4.15. The molecule has 10 heteroatoms. The zero-order chi connectivity index (χ0) is 20.9. The maximum atomic E-state index is 12.2. The van der Waals surface area contributed by atoms with Gasteiger partial charge >= 0.3 is 6.03 Å². The summed E-state index contributed by atoms with van der Waals surface area (Å²) >= 11 is 0. The lowest BCUT2D eigenvalue weighted by molar-refractivity contribution is -0.384. The minimum Gasteiger partial charge on any atom is -0.308 e. The fourth-order valence-electron chi connectivity index (χ4n) is 2.73. The van der Waals surface area contributed by atoms with Gasteiger partial charge in [-0.15, -0.1) is 0 Å². The van der Waals surface area contributed by atoms with Gasteiger partial charge in [0.05, 0.1) is 22.3 Å². The number of hydrogen-bond acceptors (Lipinski definition) is 6. The van der Waals surface area contributed by atoms with Gasteiger partial charge in [-0.3, -0.25) is 15.2 Å². The van der Waals surface area contributed by atoms with Crippen molar-refractivity contribution in [2.24, 2.45) is 4.99 Å². The summed E-state index contributed by atoms with van der Waals surface area (Å²) in [7, 11) is 0. The number of aromatic nitrogens is 3. The van der Waals surface area contributed by atoms with Crippen LogP contribution in [-0.4, -0.2) is 32.4 Å². The fraction of sp³-hybridized carbons (Fsp3) is 0. The average molecular weight is 401 g/mol. The molecule has 0 aliphatic heterocycles. The number of urea groups is 1. The van der Waals surface area contributed by atoms with Crippen LogP contribution in [0.3, 0.4) is 0 Å². The Morgan fingerprint density at radius 2 is 1.83 bits per heavy atom. The molecule has 2 heterocycles. The highest BCUT2D eigenvalue weighted by Crippen LogP contribution is 2.21. The quantitative estimate of drug-likeness (QED) is 0.260. The highest BCUT2D eigenvalue weighted by molar-refractivity contribution is 6.03. The molecule has 4 rings (SSSR count). The van der Waals surface area contributed by atoms with Crippen LogP contribution in [-0.2, 0) is 0 Å². The molecule has 0 saturated heterocycles. The Kier molecular flexibility index (Phi) is 5.12. The van der Waals surface area contributed by atoms with Crippen LogP contribution >= 0.6 is 0 Å². The Bertz CT molecular complexity index is 1230. The molecule has 0 radical (unpaired) electrons. The molecule has 30 heavy (non-hydrogen) atoms. The van der Waals surface area contributed by atoms with Crippen molar-refractivity contribution in [1.82, 2.24) is 15.2 Å². The van der Waals surface area contributed by atoms with E-state index in [9.17, 15) is 14.9 Å². The van der Waals surface area contributed by atoms with Crippen molar-refractivity contribution in [3.63, 3.8) is 0 Å². The van der Waals surface area contributed by atoms with Gasteiger partial charge in [0.15, 0.2) is 5.82 Å². The molecule has 4 aromatic rings. The van der Waals surface area contributed by atoms with Crippen LogP contribution in [0.25, 0.3) is 10.9 Å². The van der Waals surface area contributed by atoms with Gasteiger partial charge in [0, 0.05) is 35.1 Å². The lowest BCUT2D eigenvalue weighted by atomic mass is 10.2. The number of carbonyl (C=O) groups is 1. The zero-order valence-corrected chi connectivity index (χ0v) is 15.4. The number of nitro benzene ring substituents is 1. The second kappa shape index (κ2) is 8.19. The highest BCUT2D eigenvalue weighted by atomic mass is 16.6. The van der Waals surface area contributed by atoms with Crippen molar-refractivity contribution in [2.45, 2.75) is 0 Å². The number of pyridine rings is 1. The number of carbonyl (C=O) groups excluding carboxylic acids is 1. The number of fused-ring (bicyclic) bond motifs is 1. The maximum Gasteiger partial charge on any atom is 0.323 e. The summed E-state index contributed by atoms with van der Waals surface area (Å²) in [6.07, 6.45) is 3.31. The Morgan fingerprint density at radius 3 is 2.57 bits per heavy atom. The second-order valence-electron chi connectivity index (χ2n) is 6.20. The smallest absolute Gasteiger partial charge is 0.308 e. The number of aromatic amines is 1. The lowest BCUT2D eigenvalue weighted by Crippen LogP contribution is -2.19. The van der Waals surface area contributed by atoms with Crippen LogP contribution < -0.4 is 10.6 Å². The fourth-order valence-corrected chi connectivity index (χ4v) is 2.73. The van der Waals surface area contributed by atoms with E-state index in [4.69, 9.17) is 0 Å². The molecule has 0 aliphatic carbocycles. The van der Waals surface area contributed by atoms with Gasteiger partial charge in [-0.1, -0.05) is 6.07 Å². The summed E-state index contributed by atoms with van der Waals surface area (Å²) in [5, 5.41) is 24.0. The first kappa shape index (κ1) is 18.7. The van der Waals surface area contributed by atoms with Gasteiger partial charge in [-0.2, -0.15) is 5.10 Å². The highest BCUT2D eigenvalue weighted by Gasteiger charge is 2.09. The Hall–Kier alpha value is -4.60. The molecular formula is C20H15N7O3. The molecular weight excluding hydrogens is 386 g/mol. The number of hydrogen-bond donors (Lipinski definition) is 3. The lowest BCUT2D eigenvalue weighted by Gasteiger charge is -2.07. The molecule has 0 spiro atoms. The molecule has 0 atom stereocenters. The van der Waals surface area contributed by atoms with E-state index in [1.807, 2.05) is 18.2 Å². The van der Waals surface area contributed by atoms with E-state index in [1.165, 1.54) is 24.3 Å². The molecule has 0 unspecified atom stereocenters. The number of H-pyrrole nitrogens is 1. The number of benzene rings is 2. The number of aliphatic imine (C=N–C) groups is 1. The molecule has 2 aromatic carbocycles. The van der Waals surface area contributed by atoms with Gasteiger partial charge in [-0.25, -0.2) is 14.8 Å². The largest absolute Gasteiger partial charge is 0.323 e. The molecule has 0 bridgehead atoms. The number of amides is 2. The predicted octanol–water partition coefficient (Wildman–Crippen LogP) is 4.26. The number of rotatable bonds is 5. The van der Waals surface area contributed by atoms with Crippen LogP contribution in [0.4, 0.5) is 27.7 Å². The average Bonchev–Trinajstić information content (AvgIpc) is 3.15. The SMILES string of the molecule is O=C(Nc1ccc([N+](=O)[O-])cc1)Nc1ccc2c(/C=N/c3ccccn3)[nH]nc2c1. The van der Waals surface area contributed by atoms with E-state index in [-0.39, 0.29) is 5.69 Å². The Balaban J connectivity index is 1.44. The standard InChI is InChI=1S/C20H15N7O3/c28-20(23-13-4-7-15(8-5-13)27(29)30)24-14-6-9-16-17(11-14)25-26-18(16)12-22-19-3-1-2-10-21-19/h1-12H,(H,25,26)(H2,23,24,28)/b22-12+. The van der Waals surface area contributed by atoms with Gasteiger partial charge < -0.3 is 10.6 Å². The second-order valence-corrected chi connectivity index (χ2v) is 6.20. The summed E-state index contributed by atoms with van der Waals surface area (Å²) in [4.78, 5) is 30.8. The van der Waals surface area contributed by atoms with E-state index >= 15 is 0 Å². The minimum absolute atomic E-state index is 0.0488. The third kappa shape index (κ3) is 4.28. The van der Waals surface area contributed by atoms with Gasteiger partial charge in [0.25, 0.3) is 5.69 Å². The van der Waals surface area contributed by atoms with Gasteiger partial charge in [0.2, 0.25) is 0 Å². The van der Waals surface area contributed by atoms with Gasteiger partial charge in [-0.05, 0) is 42.5 Å². The molecule has 148 valence electrons. The van der Waals surface area contributed by atoms with Crippen LogP contribution in [0.1, 0.15) is 5.69 Å². The molecule has 2 aromatic heterocycles.